The van der Waals surface area contributed by atoms with E-state index in [0.717, 1.165) is 36.9 Å². The van der Waals surface area contributed by atoms with E-state index in [2.05, 4.69) is 4.57 Å². The second-order valence-electron chi connectivity index (χ2n) is 10.1. The van der Waals surface area contributed by atoms with Crippen molar-refractivity contribution in [2.75, 3.05) is 33.4 Å². The van der Waals surface area contributed by atoms with Gasteiger partial charge in [-0.15, -0.1) is 0 Å². The number of carbonyl (C=O) groups excluding carboxylic acids is 2. The van der Waals surface area contributed by atoms with Crippen molar-refractivity contribution in [1.82, 2.24) is 14.4 Å². The lowest BCUT2D eigenvalue weighted by Crippen LogP contribution is -2.49. The van der Waals surface area contributed by atoms with Crippen LogP contribution in [0.2, 0.25) is 5.02 Å². The smallest absolute Gasteiger partial charge is 0.261 e. The summed E-state index contributed by atoms with van der Waals surface area (Å²) in [4.78, 5) is 30.4. The van der Waals surface area contributed by atoms with E-state index in [1.807, 2.05) is 23.2 Å². The lowest BCUT2D eigenvalue weighted by Gasteiger charge is -2.36. The first-order valence-corrected chi connectivity index (χ1v) is 14.1. The van der Waals surface area contributed by atoms with Gasteiger partial charge in [0, 0.05) is 43.2 Å². The topological polar surface area (TPSA) is 64.0 Å². The van der Waals surface area contributed by atoms with E-state index in [1.165, 1.54) is 23.5 Å². The molecule has 0 unspecified atom stereocenters. The summed E-state index contributed by atoms with van der Waals surface area (Å²) in [5, 5.41) is 0.581. The van der Waals surface area contributed by atoms with Crippen LogP contribution in [0.3, 0.4) is 0 Å². The van der Waals surface area contributed by atoms with Crippen LogP contribution in [-0.2, 0) is 27.4 Å². The van der Waals surface area contributed by atoms with E-state index in [9.17, 15) is 14.0 Å². The van der Waals surface area contributed by atoms with E-state index in [-0.39, 0.29) is 43.4 Å². The number of ether oxygens (including phenoxy) is 2. The fourth-order valence-electron chi connectivity index (χ4n) is 5.04. The zero-order valence-corrected chi connectivity index (χ0v) is 23.7. The maximum absolute atomic E-state index is 13.9. The Balaban J connectivity index is 1.47. The standard InChI is InChI=1S/C31H37ClFN3O4/c1-39-19-18-35(31(38)23-40-29-15-11-25(32)12-16-29)22-30(37)36(27-6-3-2-4-7-27)21-28-8-5-17-34(28)20-24-9-13-26(33)14-10-24/h5,8-17,27H,2-4,6-7,18-23H2,1H3. The first-order chi connectivity index (χ1) is 19.4. The average molecular weight is 570 g/mol. The quantitative estimate of drug-likeness (QED) is 0.271. The molecular weight excluding hydrogens is 533 g/mol. The molecule has 0 atom stereocenters. The molecule has 1 aliphatic carbocycles. The maximum atomic E-state index is 13.9. The van der Waals surface area contributed by atoms with Crippen LogP contribution in [0.15, 0.2) is 66.9 Å². The number of hydrogen-bond donors (Lipinski definition) is 0. The molecule has 1 aliphatic rings. The van der Waals surface area contributed by atoms with Crippen molar-refractivity contribution >= 4 is 23.4 Å². The van der Waals surface area contributed by atoms with Crippen molar-refractivity contribution in [2.24, 2.45) is 0 Å². The third-order valence-corrected chi connectivity index (χ3v) is 7.53. The highest BCUT2D eigenvalue weighted by molar-refractivity contribution is 6.30. The number of nitrogens with zero attached hydrogens (tertiary/aromatic N) is 3. The van der Waals surface area contributed by atoms with Gasteiger partial charge in [0.2, 0.25) is 5.91 Å². The number of methoxy groups -OCH3 is 1. The number of aromatic nitrogens is 1. The van der Waals surface area contributed by atoms with Crippen molar-refractivity contribution in [2.45, 2.75) is 51.2 Å². The first-order valence-electron chi connectivity index (χ1n) is 13.8. The van der Waals surface area contributed by atoms with Gasteiger partial charge in [0.25, 0.3) is 5.91 Å². The lowest BCUT2D eigenvalue weighted by molar-refractivity contribution is -0.144. The highest BCUT2D eigenvalue weighted by atomic mass is 35.5. The molecule has 4 rings (SSSR count). The Kier molecular flexibility index (Phi) is 11.0. The van der Waals surface area contributed by atoms with E-state index in [1.54, 1.807) is 43.5 Å². The third kappa shape index (κ3) is 8.57. The lowest BCUT2D eigenvalue weighted by atomic mass is 9.94. The molecule has 1 heterocycles. The van der Waals surface area contributed by atoms with E-state index < -0.39 is 0 Å². The molecule has 3 aromatic rings. The van der Waals surface area contributed by atoms with Crippen molar-refractivity contribution < 1.29 is 23.5 Å². The fraction of sp³-hybridized carbons (Fsp3) is 0.419. The molecule has 0 bridgehead atoms. The molecule has 1 saturated carbocycles. The second kappa shape index (κ2) is 14.9. The monoisotopic (exact) mass is 569 g/mol. The van der Waals surface area contributed by atoms with Gasteiger partial charge in [0.15, 0.2) is 6.61 Å². The minimum absolute atomic E-state index is 0.0542. The molecule has 7 nitrogen and oxygen atoms in total. The first kappa shape index (κ1) is 29.6. The Morgan fingerprint density at radius 1 is 1.00 bits per heavy atom. The van der Waals surface area contributed by atoms with Gasteiger partial charge in [0.05, 0.1) is 19.7 Å². The minimum Gasteiger partial charge on any atom is -0.484 e. The fourth-order valence-corrected chi connectivity index (χ4v) is 5.16. The van der Waals surface area contributed by atoms with Crippen molar-refractivity contribution in [3.8, 4) is 5.75 Å². The molecule has 0 N–H and O–H groups in total. The summed E-state index contributed by atoms with van der Waals surface area (Å²) in [6.07, 6.45) is 7.18. The Morgan fingerprint density at radius 2 is 1.73 bits per heavy atom. The zero-order chi connectivity index (χ0) is 28.3. The number of rotatable bonds is 13. The van der Waals surface area contributed by atoms with Gasteiger partial charge in [-0.05, 0) is 66.9 Å². The van der Waals surface area contributed by atoms with Gasteiger partial charge < -0.3 is 23.8 Å². The van der Waals surface area contributed by atoms with Crippen LogP contribution in [-0.4, -0.2) is 65.6 Å². The summed E-state index contributed by atoms with van der Waals surface area (Å²) in [7, 11) is 1.57. The largest absolute Gasteiger partial charge is 0.484 e. The summed E-state index contributed by atoms with van der Waals surface area (Å²) in [6, 6.07) is 17.3. The van der Waals surface area contributed by atoms with Crippen LogP contribution in [0.25, 0.3) is 0 Å². The van der Waals surface area contributed by atoms with Gasteiger partial charge >= 0.3 is 0 Å². The molecular formula is C31H37ClFN3O4. The van der Waals surface area contributed by atoms with Gasteiger partial charge in [-0.2, -0.15) is 0 Å². The Labute approximate surface area is 240 Å². The molecule has 1 aromatic heterocycles. The van der Waals surface area contributed by atoms with Gasteiger partial charge in [0.1, 0.15) is 11.6 Å². The van der Waals surface area contributed by atoms with Gasteiger partial charge in [-0.3, -0.25) is 9.59 Å². The molecule has 9 heteroatoms. The highest BCUT2D eigenvalue weighted by Gasteiger charge is 2.29. The average Bonchev–Trinajstić information content (AvgIpc) is 3.41. The molecule has 0 spiro atoms. The van der Waals surface area contributed by atoms with Crippen molar-refractivity contribution in [3.63, 3.8) is 0 Å². The third-order valence-electron chi connectivity index (χ3n) is 7.28. The van der Waals surface area contributed by atoms with E-state index in [0.29, 0.717) is 30.5 Å². The molecule has 214 valence electrons. The summed E-state index contributed by atoms with van der Waals surface area (Å²) in [6.45, 7) is 1.36. The van der Waals surface area contributed by atoms with E-state index >= 15 is 0 Å². The summed E-state index contributed by atoms with van der Waals surface area (Å²) in [5.74, 6) is -0.126. The summed E-state index contributed by atoms with van der Waals surface area (Å²) in [5.41, 5.74) is 1.97. The number of carbonyl (C=O) groups is 2. The van der Waals surface area contributed by atoms with Gasteiger partial charge in [-0.25, -0.2) is 4.39 Å². The Bertz CT molecular complexity index is 1230. The van der Waals surface area contributed by atoms with Crippen LogP contribution in [0.4, 0.5) is 4.39 Å². The summed E-state index contributed by atoms with van der Waals surface area (Å²) >= 11 is 5.94. The molecule has 40 heavy (non-hydrogen) atoms. The van der Waals surface area contributed by atoms with Crippen LogP contribution in [0, 0.1) is 5.82 Å². The molecule has 1 fully saturated rings. The molecule has 0 saturated heterocycles. The SMILES string of the molecule is COCCN(CC(=O)N(Cc1cccn1Cc1ccc(F)cc1)C1CCCCC1)C(=O)COc1ccc(Cl)cc1. The molecule has 0 radical (unpaired) electrons. The zero-order valence-electron chi connectivity index (χ0n) is 22.9. The number of hydrogen-bond acceptors (Lipinski definition) is 4. The molecule has 2 amide bonds. The highest BCUT2D eigenvalue weighted by Crippen LogP contribution is 2.25. The van der Waals surface area contributed by atoms with Crippen LogP contribution in [0.5, 0.6) is 5.75 Å². The summed E-state index contributed by atoms with van der Waals surface area (Å²) < 4.78 is 26.4. The molecule has 2 aromatic carbocycles. The van der Waals surface area contributed by atoms with Crippen LogP contribution in [0.1, 0.15) is 43.4 Å². The van der Waals surface area contributed by atoms with Crippen molar-refractivity contribution in [3.05, 3.63) is 89.0 Å². The normalized spacial score (nSPS) is 13.7. The molecule has 0 aliphatic heterocycles. The Morgan fingerprint density at radius 3 is 2.42 bits per heavy atom. The predicted molar refractivity (Wildman–Crippen MR) is 153 cm³/mol. The predicted octanol–water partition coefficient (Wildman–Crippen LogP) is 5.54. The number of halogens is 2. The second-order valence-corrected chi connectivity index (χ2v) is 10.6. The Hall–Kier alpha value is -3.36. The van der Waals surface area contributed by atoms with Gasteiger partial charge in [-0.1, -0.05) is 43.0 Å². The maximum Gasteiger partial charge on any atom is 0.261 e. The van der Waals surface area contributed by atoms with Crippen LogP contribution < -0.4 is 4.74 Å². The van der Waals surface area contributed by atoms with E-state index in [4.69, 9.17) is 21.1 Å². The van der Waals surface area contributed by atoms with Crippen molar-refractivity contribution in [1.29, 1.82) is 0 Å². The van der Waals surface area contributed by atoms with Crippen LogP contribution >= 0.6 is 11.6 Å². The minimum atomic E-state index is -0.288. The number of amides is 2. The number of benzene rings is 2.